The maximum Gasteiger partial charge on any atom is 0.135 e. The van der Waals surface area contributed by atoms with Crippen molar-refractivity contribution in [3.63, 3.8) is 0 Å². The molecule has 1 aromatic heterocycles. The van der Waals surface area contributed by atoms with E-state index >= 15 is 0 Å². The molecule has 2 aromatic carbocycles. The van der Waals surface area contributed by atoms with E-state index in [1.54, 1.807) is 0 Å². The Labute approximate surface area is 106 Å². The van der Waals surface area contributed by atoms with Crippen molar-refractivity contribution in [1.82, 2.24) is 4.90 Å². The predicted octanol–water partition coefficient (Wildman–Crippen LogP) is 3.57. The fourth-order valence-electron chi connectivity index (χ4n) is 2.92. The maximum atomic E-state index is 5.93. The summed E-state index contributed by atoms with van der Waals surface area (Å²) in [5, 5.41) is 2.48. The van der Waals surface area contributed by atoms with Gasteiger partial charge in [-0.15, -0.1) is 0 Å². The summed E-state index contributed by atoms with van der Waals surface area (Å²) in [4.78, 5) is 2.37. The minimum atomic E-state index is 0.989. The molecule has 0 saturated carbocycles. The van der Waals surface area contributed by atoms with Gasteiger partial charge in [-0.2, -0.15) is 0 Å². The van der Waals surface area contributed by atoms with Crippen LogP contribution in [0.1, 0.15) is 11.1 Å². The Morgan fingerprint density at radius 3 is 2.83 bits per heavy atom. The summed E-state index contributed by atoms with van der Waals surface area (Å²) >= 11 is 0. The first-order chi connectivity index (χ1) is 8.81. The standard InChI is InChI=1S/C16H15NO/c1-17-7-6-11-9-16-14(8-12(11)10-17)13-4-2-3-5-15(13)18-16/h2-5,8-9H,6-7,10H2,1H3. The second-order valence-corrected chi connectivity index (χ2v) is 5.20. The predicted molar refractivity (Wildman–Crippen MR) is 73.8 cm³/mol. The number of nitrogens with zero attached hydrogens (tertiary/aromatic N) is 1. The minimum absolute atomic E-state index is 0.989. The van der Waals surface area contributed by atoms with Gasteiger partial charge in [-0.25, -0.2) is 0 Å². The summed E-state index contributed by atoms with van der Waals surface area (Å²) in [6.45, 7) is 2.18. The van der Waals surface area contributed by atoms with Gasteiger partial charge in [0.1, 0.15) is 11.2 Å². The van der Waals surface area contributed by atoms with Crippen molar-refractivity contribution >= 4 is 21.9 Å². The Kier molecular flexibility index (Phi) is 2.03. The lowest BCUT2D eigenvalue weighted by Crippen LogP contribution is -2.26. The van der Waals surface area contributed by atoms with Gasteiger partial charge >= 0.3 is 0 Å². The number of para-hydroxylation sites is 1. The van der Waals surface area contributed by atoms with E-state index in [-0.39, 0.29) is 0 Å². The second kappa shape index (κ2) is 3.59. The average molecular weight is 237 g/mol. The molecule has 2 nitrogen and oxygen atoms in total. The van der Waals surface area contributed by atoms with E-state index in [4.69, 9.17) is 4.42 Å². The molecule has 0 fully saturated rings. The first-order valence-electron chi connectivity index (χ1n) is 6.43. The number of hydrogen-bond acceptors (Lipinski definition) is 2. The highest BCUT2D eigenvalue weighted by Crippen LogP contribution is 2.32. The van der Waals surface area contributed by atoms with Crippen LogP contribution in [0, 0.1) is 0 Å². The summed E-state index contributed by atoms with van der Waals surface area (Å²) in [6, 6.07) is 12.8. The number of benzene rings is 2. The lowest BCUT2D eigenvalue weighted by atomic mass is 9.97. The summed E-state index contributed by atoms with van der Waals surface area (Å²) in [7, 11) is 2.18. The molecule has 2 heterocycles. The number of fused-ring (bicyclic) bond motifs is 4. The first kappa shape index (κ1) is 10.2. The number of furan rings is 1. The third-order valence-electron chi connectivity index (χ3n) is 3.90. The van der Waals surface area contributed by atoms with Crippen LogP contribution in [0.2, 0.25) is 0 Å². The van der Waals surface area contributed by atoms with E-state index in [0.717, 1.165) is 30.7 Å². The molecule has 3 aromatic rings. The smallest absolute Gasteiger partial charge is 0.135 e. The van der Waals surface area contributed by atoms with Crippen molar-refractivity contribution in [1.29, 1.82) is 0 Å². The quantitative estimate of drug-likeness (QED) is 0.594. The van der Waals surface area contributed by atoms with Gasteiger partial charge in [0.2, 0.25) is 0 Å². The zero-order chi connectivity index (χ0) is 12.1. The van der Waals surface area contributed by atoms with Gasteiger partial charge in [0.25, 0.3) is 0 Å². The Balaban J connectivity index is 2.05. The van der Waals surface area contributed by atoms with Gasteiger partial charge in [-0.1, -0.05) is 18.2 Å². The molecule has 4 rings (SSSR count). The van der Waals surface area contributed by atoms with Crippen molar-refractivity contribution in [2.24, 2.45) is 0 Å². The van der Waals surface area contributed by atoms with Crippen LogP contribution in [-0.4, -0.2) is 18.5 Å². The molecule has 0 bridgehead atoms. The van der Waals surface area contributed by atoms with Crippen molar-refractivity contribution < 1.29 is 4.42 Å². The zero-order valence-electron chi connectivity index (χ0n) is 10.4. The number of rotatable bonds is 0. The monoisotopic (exact) mass is 237 g/mol. The van der Waals surface area contributed by atoms with Crippen LogP contribution in [0.25, 0.3) is 21.9 Å². The average Bonchev–Trinajstić information content (AvgIpc) is 2.74. The molecule has 0 unspecified atom stereocenters. The van der Waals surface area contributed by atoms with E-state index in [9.17, 15) is 0 Å². The molecule has 1 aliphatic rings. The Hall–Kier alpha value is -1.80. The summed E-state index contributed by atoms with van der Waals surface area (Å²) in [6.07, 6.45) is 1.12. The Morgan fingerprint density at radius 2 is 1.89 bits per heavy atom. The van der Waals surface area contributed by atoms with Gasteiger partial charge in [-0.3, -0.25) is 0 Å². The van der Waals surface area contributed by atoms with E-state index in [1.165, 1.54) is 21.9 Å². The SMILES string of the molecule is CN1CCc2cc3oc4ccccc4c3cc2C1. The topological polar surface area (TPSA) is 16.4 Å². The lowest BCUT2D eigenvalue weighted by Gasteiger charge is -2.24. The largest absolute Gasteiger partial charge is 0.456 e. The fraction of sp³-hybridized carbons (Fsp3) is 0.250. The zero-order valence-corrected chi connectivity index (χ0v) is 10.4. The molecule has 0 saturated heterocycles. The van der Waals surface area contributed by atoms with Crippen LogP contribution in [-0.2, 0) is 13.0 Å². The molecule has 0 radical (unpaired) electrons. The van der Waals surface area contributed by atoms with Gasteiger partial charge in [0.15, 0.2) is 0 Å². The van der Waals surface area contributed by atoms with E-state index in [2.05, 4.69) is 36.2 Å². The van der Waals surface area contributed by atoms with Crippen LogP contribution < -0.4 is 0 Å². The third-order valence-corrected chi connectivity index (χ3v) is 3.90. The maximum absolute atomic E-state index is 5.93. The molecule has 0 spiro atoms. The van der Waals surface area contributed by atoms with Crippen molar-refractivity contribution in [3.05, 3.63) is 47.5 Å². The molecule has 0 amide bonds. The number of likely N-dealkylation sites (N-methyl/N-ethyl adjacent to an activating group) is 1. The highest BCUT2D eigenvalue weighted by molar-refractivity contribution is 6.05. The summed E-state index contributed by atoms with van der Waals surface area (Å²) < 4.78 is 5.93. The second-order valence-electron chi connectivity index (χ2n) is 5.20. The molecule has 2 heteroatoms. The van der Waals surface area contributed by atoms with E-state index in [0.29, 0.717) is 0 Å². The van der Waals surface area contributed by atoms with Crippen LogP contribution in [0.5, 0.6) is 0 Å². The fourth-order valence-corrected chi connectivity index (χ4v) is 2.92. The normalized spacial score (nSPS) is 16.3. The third kappa shape index (κ3) is 1.39. The molecule has 90 valence electrons. The molecule has 1 aliphatic heterocycles. The Morgan fingerprint density at radius 1 is 1.00 bits per heavy atom. The van der Waals surface area contributed by atoms with Crippen molar-refractivity contribution in [3.8, 4) is 0 Å². The van der Waals surface area contributed by atoms with Gasteiger partial charge in [0, 0.05) is 23.9 Å². The van der Waals surface area contributed by atoms with Gasteiger partial charge < -0.3 is 9.32 Å². The van der Waals surface area contributed by atoms with Gasteiger partial charge in [0.05, 0.1) is 0 Å². The summed E-state index contributed by atoms with van der Waals surface area (Å²) in [5.74, 6) is 0. The van der Waals surface area contributed by atoms with Crippen LogP contribution in [0.4, 0.5) is 0 Å². The number of hydrogen-bond donors (Lipinski definition) is 0. The van der Waals surface area contributed by atoms with Crippen LogP contribution >= 0.6 is 0 Å². The van der Waals surface area contributed by atoms with E-state index < -0.39 is 0 Å². The highest BCUT2D eigenvalue weighted by Gasteiger charge is 2.16. The Bertz CT molecular complexity index is 741. The van der Waals surface area contributed by atoms with E-state index in [1.807, 2.05) is 12.1 Å². The molecule has 0 N–H and O–H groups in total. The molecule has 0 atom stereocenters. The molecule has 0 aliphatic carbocycles. The van der Waals surface area contributed by atoms with Crippen LogP contribution in [0.15, 0.2) is 40.8 Å². The molecule has 18 heavy (non-hydrogen) atoms. The lowest BCUT2D eigenvalue weighted by molar-refractivity contribution is 0.313. The highest BCUT2D eigenvalue weighted by atomic mass is 16.3. The molecular formula is C16H15NO. The van der Waals surface area contributed by atoms with Crippen molar-refractivity contribution in [2.75, 3.05) is 13.6 Å². The summed E-state index contributed by atoms with van der Waals surface area (Å²) in [5.41, 5.74) is 4.91. The van der Waals surface area contributed by atoms with Gasteiger partial charge in [-0.05, 0) is 42.8 Å². The minimum Gasteiger partial charge on any atom is -0.456 e. The molecular weight excluding hydrogens is 222 g/mol. The van der Waals surface area contributed by atoms with Crippen molar-refractivity contribution in [2.45, 2.75) is 13.0 Å². The van der Waals surface area contributed by atoms with Crippen LogP contribution in [0.3, 0.4) is 0 Å². The first-order valence-corrected chi connectivity index (χ1v) is 6.43.